The fraction of sp³-hybridized carbons (Fsp3) is 0.0909. The van der Waals surface area contributed by atoms with Crippen LogP contribution in [0, 0.1) is 6.92 Å². The molecule has 0 bridgehead atoms. The minimum absolute atomic E-state index is 1.18. The number of aryl methyl sites for hydroxylation is 1. The summed E-state index contributed by atoms with van der Waals surface area (Å²) in [5.74, 6) is 0. The molecule has 0 unspecified atom stereocenters. The Bertz CT molecular complexity index is 1820. The van der Waals surface area contributed by atoms with E-state index in [9.17, 15) is 0 Å². The molecule has 2 heterocycles. The highest BCUT2D eigenvalue weighted by molar-refractivity contribution is 6.16. The van der Waals surface area contributed by atoms with Crippen LogP contribution in [-0.2, 0) is 0 Å². The van der Waals surface area contributed by atoms with Gasteiger partial charge in [-0.2, -0.15) is 0 Å². The number of aromatic nitrogens is 2. The molecule has 2 aromatic heterocycles. The number of benzene rings is 5. The van der Waals surface area contributed by atoms with Gasteiger partial charge in [0.05, 0.1) is 27.8 Å². The average Bonchev–Trinajstić information content (AvgIpc) is 3.43. The van der Waals surface area contributed by atoms with Crippen LogP contribution in [0.1, 0.15) is 19.4 Å². The van der Waals surface area contributed by atoms with Crippen molar-refractivity contribution in [1.29, 1.82) is 0 Å². The molecule has 0 fully saturated rings. The van der Waals surface area contributed by atoms with Crippen molar-refractivity contribution in [3.8, 4) is 11.4 Å². The van der Waals surface area contributed by atoms with Crippen molar-refractivity contribution >= 4 is 43.6 Å². The van der Waals surface area contributed by atoms with Gasteiger partial charge in [0.2, 0.25) is 0 Å². The van der Waals surface area contributed by atoms with Crippen LogP contribution in [0.15, 0.2) is 115 Å². The Labute approximate surface area is 205 Å². The summed E-state index contributed by atoms with van der Waals surface area (Å²) < 4.78 is 4.82. The molecule has 35 heavy (non-hydrogen) atoms. The molecule has 0 aliphatic heterocycles. The zero-order valence-corrected chi connectivity index (χ0v) is 20.4. The van der Waals surface area contributed by atoms with Crippen molar-refractivity contribution in [1.82, 2.24) is 9.13 Å². The highest BCUT2D eigenvalue weighted by Crippen LogP contribution is 2.39. The Morgan fingerprint density at radius 1 is 0.457 bits per heavy atom. The molecule has 0 saturated heterocycles. The van der Waals surface area contributed by atoms with E-state index in [0.717, 1.165) is 0 Å². The van der Waals surface area contributed by atoms with Crippen molar-refractivity contribution in [3.05, 3.63) is 121 Å². The van der Waals surface area contributed by atoms with E-state index < -0.39 is 0 Å². The summed E-state index contributed by atoms with van der Waals surface area (Å²) in [5, 5.41) is 5.14. The van der Waals surface area contributed by atoms with Crippen LogP contribution >= 0.6 is 0 Å². The predicted molar refractivity (Wildman–Crippen MR) is 151 cm³/mol. The summed E-state index contributed by atoms with van der Waals surface area (Å²) in [6, 6.07) is 41.6. The second-order valence-corrected chi connectivity index (χ2v) is 8.73. The summed E-state index contributed by atoms with van der Waals surface area (Å²) in [7, 11) is 0. The lowest BCUT2D eigenvalue weighted by molar-refractivity contribution is 1.17. The van der Waals surface area contributed by atoms with E-state index in [1.165, 1.54) is 60.5 Å². The van der Waals surface area contributed by atoms with Crippen LogP contribution in [0.3, 0.4) is 0 Å². The maximum atomic E-state index is 2.44. The molecule has 0 aliphatic carbocycles. The van der Waals surface area contributed by atoms with E-state index in [1.54, 1.807) is 0 Å². The average molecular weight is 453 g/mol. The van der Waals surface area contributed by atoms with Crippen molar-refractivity contribution in [2.75, 3.05) is 0 Å². The Balaban J connectivity index is 0.00000112. The molecule has 0 atom stereocenters. The van der Waals surface area contributed by atoms with Gasteiger partial charge in [-0.3, -0.25) is 0 Å². The van der Waals surface area contributed by atoms with Gasteiger partial charge >= 0.3 is 0 Å². The van der Waals surface area contributed by atoms with Crippen LogP contribution in [0.2, 0.25) is 0 Å². The smallest absolute Gasteiger partial charge is 0.0562 e. The van der Waals surface area contributed by atoms with Crippen molar-refractivity contribution in [2.45, 2.75) is 20.8 Å². The Morgan fingerprint density at radius 2 is 1.06 bits per heavy atom. The third-order valence-corrected chi connectivity index (χ3v) is 6.76. The molecular weight excluding hydrogens is 424 g/mol. The Kier molecular flexibility index (Phi) is 5.15. The quantitative estimate of drug-likeness (QED) is 0.247. The maximum Gasteiger partial charge on any atom is 0.0562 e. The molecule has 2 nitrogen and oxygen atoms in total. The van der Waals surface area contributed by atoms with E-state index in [2.05, 4.69) is 131 Å². The second kappa shape index (κ2) is 8.48. The van der Waals surface area contributed by atoms with Gasteiger partial charge in [-0.15, -0.1) is 0 Å². The predicted octanol–water partition coefficient (Wildman–Crippen LogP) is 9.22. The largest absolute Gasteiger partial charge is 0.309 e. The van der Waals surface area contributed by atoms with Crippen molar-refractivity contribution < 1.29 is 0 Å². The van der Waals surface area contributed by atoms with Gasteiger partial charge in [0.1, 0.15) is 0 Å². The van der Waals surface area contributed by atoms with Gasteiger partial charge in [-0.25, -0.2) is 0 Å². The first-order chi connectivity index (χ1) is 17.3. The van der Waals surface area contributed by atoms with E-state index in [4.69, 9.17) is 0 Å². The molecular formula is C33H28N2. The minimum atomic E-state index is 1.18. The first-order valence-electron chi connectivity index (χ1n) is 12.4. The molecule has 0 amide bonds. The van der Waals surface area contributed by atoms with Crippen molar-refractivity contribution in [3.63, 3.8) is 0 Å². The van der Waals surface area contributed by atoms with Gasteiger partial charge < -0.3 is 9.13 Å². The fourth-order valence-electron chi connectivity index (χ4n) is 5.39. The molecule has 5 aromatic carbocycles. The minimum Gasteiger partial charge on any atom is -0.309 e. The maximum absolute atomic E-state index is 2.44. The van der Waals surface area contributed by atoms with Gasteiger partial charge in [-0.1, -0.05) is 86.1 Å². The molecule has 0 aliphatic rings. The lowest BCUT2D eigenvalue weighted by Crippen LogP contribution is -1.96. The van der Waals surface area contributed by atoms with Gasteiger partial charge in [0.15, 0.2) is 0 Å². The number of rotatable bonds is 2. The lowest BCUT2D eigenvalue weighted by Gasteiger charge is -2.11. The molecule has 0 N–H and O–H groups in total. The number of fused-ring (bicyclic) bond motifs is 6. The van der Waals surface area contributed by atoms with Gasteiger partial charge in [-0.05, 0) is 55.5 Å². The van der Waals surface area contributed by atoms with E-state index in [-0.39, 0.29) is 0 Å². The molecule has 2 heteroatoms. The first kappa shape index (κ1) is 21.2. The monoisotopic (exact) mass is 452 g/mol. The fourth-order valence-corrected chi connectivity index (χ4v) is 5.39. The highest BCUT2D eigenvalue weighted by atomic mass is 15.0. The number of hydrogen-bond acceptors (Lipinski definition) is 0. The Hall–Kier alpha value is -4.30. The van der Waals surface area contributed by atoms with Crippen LogP contribution in [-0.4, -0.2) is 9.13 Å². The Morgan fingerprint density at radius 3 is 1.83 bits per heavy atom. The van der Waals surface area contributed by atoms with E-state index in [1.807, 2.05) is 13.8 Å². The lowest BCUT2D eigenvalue weighted by atomic mass is 10.1. The summed E-state index contributed by atoms with van der Waals surface area (Å²) in [4.78, 5) is 0. The third kappa shape index (κ3) is 3.18. The molecule has 7 aromatic rings. The molecule has 0 radical (unpaired) electrons. The number of para-hydroxylation sites is 3. The van der Waals surface area contributed by atoms with Crippen LogP contribution in [0.25, 0.3) is 55.0 Å². The van der Waals surface area contributed by atoms with Crippen LogP contribution in [0.5, 0.6) is 0 Å². The second-order valence-electron chi connectivity index (χ2n) is 8.73. The summed E-state index contributed by atoms with van der Waals surface area (Å²) in [6.45, 7) is 6.17. The SMILES string of the molecule is CC.Cc1ccc2c(c1)c1ccccc1n2-c1cccc2c1c1ccccc1n2-c1ccccc1. The van der Waals surface area contributed by atoms with E-state index >= 15 is 0 Å². The standard InChI is InChI=1S/C31H22N2.C2H6/c1-21-18-19-28-25(20-21)23-12-5-7-14-26(23)33(28)30-17-9-16-29-31(30)24-13-6-8-15-27(24)32(29)22-10-3-2-4-11-22;1-2/h2-20H,1H3;1-2H3. The number of nitrogens with zero attached hydrogens (tertiary/aromatic N) is 2. The van der Waals surface area contributed by atoms with E-state index in [0.29, 0.717) is 0 Å². The van der Waals surface area contributed by atoms with Crippen LogP contribution < -0.4 is 0 Å². The topological polar surface area (TPSA) is 9.86 Å². The molecule has 0 saturated carbocycles. The molecule has 0 spiro atoms. The molecule has 170 valence electrons. The van der Waals surface area contributed by atoms with Crippen LogP contribution in [0.4, 0.5) is 0 Å². The van der Waals surface area contributed by atoms with Gasteiger partial charge in [0, 0.05) is 27.2 Å². The normalized spacial score (nSPS) is 11.3. The summed E-state index contributed by atoms with van der Waals surface area (Å²) in [6.07, 6.45) is 0. The zero-order chi connectivity index (χ0) is 23.9. The zero-order valence-electron chi connectivity index (χ0n) is 20.4. The number of hydrogen-bond donors (Lipinski definition) is 0. The molecule has 7 rings (SSSR count). The summed E-state index contributed by atoms with van der Waals surface area (Å²) in [5.41, 5.74) is 8.60. The third-order valence-electron chi connectivity index (χ3n) is 6.76. The highest BCUT2D eigenvalue weighted by Gasteiger charge is 2.19. The first-order valence-corrected chi connectivity index (χ1v) is 12.4. The van der Waals surface area contributed by atoms with Gasteiger partial charge in [0.25, 0.3) is 0 Å². The summed E-state index contributed by atoms with van der Waals surface area (Å²) >= 11 is 0. The van der Waals surface area contributed by atoms with Crippen molar-refractivity contribution in [2.24, 2.45) is 0 Å².